The van der Waals surface area contributed by atoms with Gasteiger partial charge in [-0.15, -0.1) is 6.42 Å². The van der Waals surface area contributed by atoms with Crippen LogP contribution in [-0.4, -0.2) is 63.7 Å². The number of benzene rings is 2. The van der Waals surface area contributed by atoms with Crippen LogP contribution in [0.15, 0.2) is 54.6 Å². The van der Waals surface area contributed by atoms with E-state index in [9.17, 15) is 29.4 Å². The maximum Gasteiger partial charge on any atom is 0.413 e. The molecule has 10 heteroatoms. The van der Waals surface area contributed by atoms with Gasteiger partial charge in [-0.05, 0) is 36.8 Å². The summed E-state index contributed by atoms with van der Waals surface area (Å²) in [5.74, 6) is 0.399. The van der Waals surface area contributed by atoms with Gasteiger partial charge < -0.3 is 30.5 Å². The van der Waals surface area contributed by atoms with Crippen LogP contribution in [0.1, 0.15) is 50.8 Å². The van der Waals surface area contributed by atoms with Crippen LogP contribution >= 0.6 is 0 Å². The van der Waals surface area contributed by atoms with Gasteiger partial charge in [-0.25, -0.2) is 4.79 Å². The average molecular weight is 536 g/mol. The minimum atomic E-state index is -1.36. The molecule has 3 amide bonds. The lowest BCUT2D eigenvalue weighted by atomic mass is 9.80. The van der Waals surface area contributed by atoms with Crippen molar-refractivity contribution in [1.82, 2.24) is 15.5 Å². The molecule has 0 saturated carbocycles. The molecule has 10 nitrogen and oxygen atoms in total. The van der Waals surface area contributed by atoms with E-state index in [0.717, 1.165) is 5.56 Å². The molecular formula is C29H33N3O7. The smallest absolute Gasteiger partial charge is 0.413 e. The predicted molar refractivity (Wildman–Crippen MR) is 142 cm³/mol. The Morgan fingerprint density at radius 3 is 2.33 bits per heavy atom. The Morgan fingerprint density at radius 2 is 1.74 bits per heavy atom. The molecule has 206 valence electrons. The average Bonchev–Trinajstić information content (AvgIpc) is 3.28. The second-order valence-corrected chi connectivity index (χ2v) is 10.2. The number of carboxylic acid groups (broad SMARTS) is 1. The fourth-order valence-electron chi connectivity index (χ4n) is 4.56. The first kappa shape index (κ1) is 29.2. The standard InChI is InChI=1S/C29H33N3O7/c1-5-19-11-13-20(14-12-19)18(2)30-26(36)23-15-21(33)17-32(23)27(37)25(29(3,4)16-24(34)35)31-28(38)39-22-9-7-6-8-10-22/h1,6-14,18,21,23,25,33H,15-17H2,2-4H3,(H,30,36)(H,31,38)(H,34,35)/t18-,21+,23-,25+/m0/s1. The number of aliphatic carboxylic acids is 1. The molecule has 4 atom stereocenters. The van der Waals surface area contributed by atoms with Gasteiger partial charge in [0.05, 0.1) is 18.6 Å². The van der Waals surface area contributed by atoms with Gasteiger partial charge >= 0.3 is 12.1 Å². The van der Waals surface area contributed by atoms with Gasteiger partial charge in [0.15, 0.2) is 0 Å². The number of nitrogens with zero attached hydrogens (tertiary/aromatic N) is 1. The van der Waals surface area contributed by atoms with Gasteiger partial charge in [0, 0.05) is 23.9 Å². The molecule has 2 aromatic carbocycles. The normalized spacial score (nSPS) is 18.4. The van der Waals surface area contributed by atoms with Crippen LogP contribution in [0.2, 0.25) is 0 Å². The monoisotopic (exact) mass is 535 g/mol. The lowest BCUT2D eigenvalue weighted by molar-refractivity contribution is -0.145. The number of carboxylic acids is 1. The summed E-state index contributed by atoms with van der Waals surface area (Å²) in [5.41, 5.74) is 0.227. The number of carbonyl (C=O) groups is 4. The molecule has 1 fully saturated rings. The Hall–Kier alpha value is -4.36. The van der Waals surface area contributed by atoms with Gasteiger partial charge in [-0.2, -0.15) is 0 Å². The molecular weight excluding hydrogens is 502 g/mol. The highest BCUT2D eigenvalue weighted by Crippen LogP contribution is 2.30. The number of amides is 3. The Balaban J connectivity index is 1.81. The summed E-state index contributed by atoms with van der Waals surface area (Å²) in [4.78, 5) is 52.5. The highest BCUT2D eigenvalue weighted by Gasteiger charge is 2.46. The number of hydrogen-bond donors (Lipinski definition) is 4. The first-order chi connectivity index (χ1) is 18.4. The van der Waals surface area contributed by atoms with E-state index in [1.807, 2.05) is 0 Å². The molecule has 1 saturated heterocycles. The third-order valence-corrected chi connectivity index (χ3v) is 6.65. The van der Waals surface area contributed by atoms with Crippen LogP contribution in [0.5, 0.6) is 5.75 Å². The largest absolute Gasteiger partial charge is 0.481 e. The van der Waals surface area contributed by atoms with E-state index in [0.29, 0.717) is 5.56 Å². The Bertz CT molecular complexity index is 1240. The summed E-state index contributed by atoms with van der Waals surface area (Å²) in [5, 5.41) is 25.2. The molecule has 1 heterocycles. The minimum Gasteiger partial charge on any atom is -0.481 e. The first-order valence-electron chi connectivity index (χ1n) is 12.5. The quantitative estimate of drug-likeness (QED) is 0.361. The van der Waals surface area contributed by atoms with E-state index in [1.165, 1.54) is 18.7 Å². The number of likely N-dealkylation sites (tertiary alicyclic amines) is 1. The molecule has 1 aliphatic heterocycles. The van der Waals surface area contributed by atoms with Crippen LogP contribution < -0.4 is 15.4 Å². The number of hydrogen-bond acceptors (Lipinski definition) is 6. The summed E-state index contributed by atoms with van der Waals surface area (Å²) in [6, 6.07) is 12.5. The summed E-state index contributed by atoms with van der Waals surface area (Å²) >= 11 is 0. The third kappa shape index (κ3) is 7.58. The molecule has 3 rings (SSSR count). The summed E-state index contributed by atoms with van der Waals surface area (Å²) < 4.78 is 5.26. The zero-order valence-electron chi connectivity index (χ0n) is 22.1. The van der Waals surface area contributed by atoms with Crippen LogP contribution in [0.3, 0.4) is 0 Å². The fraction of sp³-hybridized carbons (Fsp3) is 0.379. The van der Waals surface area contributed by atoms with Crippen molar-refractivity contribution in [2.45, 2.75) is 57.8 Å². The minimum absolute atomic E-state index is 0.0130. The van der Waals surface area contributed by atoms with Crippen LogP contribution in [0.4, 0.5) is 4.79 Å². The van der Waals surface area contributed by atoms with Crippen LogP contribution in [-0.2, 0) is 14.4 Å². The molecule has 0 radical (unpaired) electrons. The van der Waals surface area contributed by atoms with Gasteiger partial charge in [-0.1, -0.05) is 50.1 Å². The molecule has 0 unspecified atom stereocenters. The molecule has 39 heavy (non-hydrogen) atoms. The van der Waals surface area contributed by atoms with Crippen molar-refractivity contribution < 1.29 is 34.1 Å². The molecule has 2 aromatic rings. The van der Waals surface area contributed by atoms with E-state index in [1.54, 1.807) is 61.5 Å². The van der Waals surface area contributed by atoms with Gasteiger partial charge in [0.2, 0.25) is 11.8 Å². The maximum absolute atomic E-state index is 13.8. The highest BCUT2D eigenvalue weighted by atomic mass is 16.6. The molecule has 0 spiro atoms. The van der Waals surface area contributed by atoms with Gasteiger partial charge in [0.25, 0.3) is 0 Å². The van der Waals surface area contributed by atoms with E-state index in [2.05, 4.69) is 16.6 Å². The number of para-hydroxylation sites is 1. The maximum atomic E-state index is 13.8. The SMILES string of the molecule is C#Cc1ccc([C@H](C)NC(=O)[C@@H]2C[C@@H](O)CN2C(=O)[C@@H](NC(=O)Oc2ccccc2)C(C)(C)CC(=O)O)cc1. The predicted octanol–water partition coefficient (Wildman–Crippen LogP) is 2.46. The summed E-state index contributed by atoms with van der Waals surface area (Å²) in [6.07, 6.45) is 3.00. The molecule has 0 bridgehead atoms. The van der Waals surface area contributed by atoms with Crippen LogP contribution in [0, 0.1) is 17.8 Å². The number of aliphatic hydroxyl groups excluding tert-OH is 1. The molecule has 4 N–H and O–H groups in total. The second kappa shape index (κ2) is 12.5. The number of carbonyl (C=O) groups excluding carboxylic acids is 3. The van der Waals surface area contributed by atoms with Crippen molar-refractivity contribution in [3.05, 3.63) is 65.7 Å². The highest BCUT2D eigenvalue weighted by molar-refractivity contribution is 5.93. The topological polar surface area (TPSA) is 145 Å². The lowest BCUT2D eigenvalue weighted by Gasteiger charge is -2.36. The van der Waals surface area contributed by atoms with E-state index >= 15 is 0 Å². The van der Waals surface area contributed by atoms with E-state index in [-0.39, 0.29) is 18.7 Å². The zero-order chi connectivity index (χ0) is 28.7. The number of ether oxygens (including phenoxy) is 1. The van der Waals surface area contributed by atoms with Crippen molar-refractivity contribution in [2.75, 3.05) is 6.54 Å². The number of terminal acetylenes is 1. The second-order valence-electron chi connectivity index (χ2n) is 10.2. The number of nitrogens with one attached hydrogen (secondary N) is 2. The number of rotatable bonds is 9. The van der Waals surface area contributed by atoms with Crippen molar-refractivity contribution in [2.24, 2.45) is 5.41 Å². The molecule has 0 aliphatic carbocycles. The third-order valence-electron chi connectivity index (χ3n) is 6.65. The Morgan fingerprint density at radius 1 is 1.10 bits per heavy atom. The first-order valence-corrected chi connectivity index (χ1v) is 12.5. The summed E-state index contributed by atoms with van der Waals surface area (Å²) in [7, 11) is 0. The van der Waals surface area contributed by atoms with Crippen molar-refractivity contribution >= 4 is 23.9 Å². The Labute approximate surface area is 227 Å². The Kier molecular flexibility index (Phi) is 9.33. The van der Waals surface area contributed by atoms with Gasteiger partial charge in [-0.3, -0.25) is 14.4 Å². The molecule has 0 aromatic heterocycles. The van der Waals surface area contributed by atoms with Crippen LogP contribution in [0.25, 0.3) is 0 Å². The zero-order valence-corrected chi connectivity index (χ0v) is 22.1. The lowest BCUT2D eigenvalue weighted by Crippen LogP contribution is -2.59. The van der Waals surface area contributed by atoms with E-state index < -0.39 is 59.9 Å². The summed E-state index contributed by atoms with van der Waals surface area (Å²) in [6.45, 7) is 4.67. The van der Waals surface area contributed by atoms with Crippen molar-refractivity contribution in [3.63, 3.8) is 0 Å². The van der Waals surface area contributed by atoms with E-state index in [4.69, 9.17) is 11.2 Å². The van der Waals surface area contributed by atoms with Crippen molar-refractivity contribution in [1.29, 1.82) is 0 Å². The van der Waals surface area contributed by atoms with Crippen molar-refractivity contribution in [3.8, 4) is 18.1 Å². The number of β-amino-alcohol motifs (C(OH)–C–C–N with tert-alkyl or cyclic N) is 1. The number of aliphatic hydroxyl groups is 1. The molecule has 1 aliphatic rings. The van der Waals surface area contributed by atoms with Gasteiger partial charge in [0.1, 0.15) is 17.8 Å². The fourth-order valence-corrected chi connectivity index (χ4v) is 4.56.